The van der Waals surface area contributed by atoms with Crippen LogP contribution in [0.25, 0.3) is 11.1 Å². The number of benzene rings is 1. The van der Waals surface area contributed by atoms with Crippen molar-refractivity contribution in [3.63, 3.8) is 0 Å². The molecular weight excluding hydrogens is 274 g/mol. The molecule has 7 nitrogen and oxygen atoms in total. The van der Waals surface area contributed by atoms with Crippen molar-refractivity contribution in [2.24, 2.45) is 0 Å². The number of non-ortho nitro benzene ring substituents is 1. The van der Waals surface area contributed by atoms with Crippen molar-refractivity contribution in [2.75, 3.05) is 7.05 Å². The average Bonchev–Trinajstić information content (AvgIpc) is 2.47. The van der Waals surface area contributed by atoms with Gasteiger partial charge in [-0.2, -0.15) is 0 Å². The van der Waals surface area contributed by atoms with Crippen molar-refractivity contribution >= 4 is 11.8 Å². The summed E-state index contributed by atoms with van der Waals surface area (Å²) in [5.74, 6) is 0. The highest BCUT2D eigenvalue weighted by molar-refractivity contribution is 5.70. The lowest BCUT2D eigenvalue weighted by Crippen LogP contribution is -2.24. The van der Waals surface area contributed by atoms with E-state index >= 15 is 0 Å². The minimum atomic E-state index is -1.10. The number of rotatable bonds is 4. The fraction of sp³-hybridized carbons (Fsp3) is 0.143. The van der Waals surface area contributed by atoms with E-state index in [1.165, 1.54) is 19.2 Å². The molecule has 0 saturated heterocycles. The second-order valence-electron chi connectivity index (χ2n) is 4.48. The summed E-state index contributed by atoms with van der Waals surface area (Å²) in [7, 11) is 1.41. The Hall–Kier alpha value is -2.96. The van der Waals surface area contributed by atoms with Crippen LogP contribution in [0.1, 0.15) is 5.56 Å². The van der Waals surface area contributed by atoms with Gasteiger partial charge in [-0.15, -0.1) is 0 Å². The molecular formula is C14H13N3O4. The van der Waals surface area contributed by atoms with E-state index in [0.717, 1.165) is 16.0 Å². The second kappa shape index (κ2) is 6.00. The molecule has 2 aromatic rings. The maximum atomic E-state index is 10.9. The van der Waals surface area contributed by atoms with Gasteiger partial charge in [0.1, 0.15) is 0 Å². The number of carboxylic acid groups (broad SMARTS) is 1. The van der Waals surface area contributed by atoms with Crippen molar-refractivity contribution in [2.45, 2.75) is 6.54 Å². The van der Waals surface area contributed by atoms with Crippen LogP contribution in [0.4, 0.5) is 10.5 Å². The molecule has 108 valence electrons. The van der Waals surface area contributed by atoms with Crippen molar-refractivity contribution in [3.8, 4) is 11.1 Å². The first-order chi connectivity index (χ1) is 9.99. The Morgan fingerprint density at radius 1 is 1.43 bits per heavy atom. The normalized spacial score (nSPS) is 10.1. The van der Waals surface area contributed by atoms with E-state index in [2.05, 4.69) is 4.98 Å². The number of nitrogens with zero attached hydrogens (tertiary/aromatic N) is 3. The summed E-state index contributed by atoms with van der Waals surface area (Å²) in [5, 5.41) is 19.8. The third-order valence-corrected chi connectivity index (χ3v) is 3.01. The Labute approximate surface area is 120 Å². The molecule has 0 aliphatic heterocycles. The van der Waals surface area contributed by atoms with E-state index in [0.29, 0.717) is 5.56 Å². The van der Waals surface area contributed by atoms with Crippen LogP contribution >= 0.6 is 0 Å². The zero-order valence-corrected chi connectivity index (χ0v) is 11.3. The van der Waals surface area contributed by atoms with Crippen molar-refractivity contribution in [1.29, 1.82) is 0 Å². The van der Waals surface area contributed by atoms with Gasteiger partial charge in [0, 0.05) is 43.7 Å². The minimum absolute atomic E-state index is 0.0568. The zero-order chi connectivity index (χ0) is 15.4. The van der Waals surface area contributed by atoms with Crippen LogP contribution in [-0.2, 0) is 6.54 Å². The van der Waals surface area contributed by atoms with Gasteiger partial charge in [0.2, 0.25) is 0 Å². The van der Waals surface area contributed by atoms with Crippen LogP contribution < -0.4 is 0 Å². The number of carbonyl (C=O) groups is 1. The standard InChI is InChI=1S/C14H13N3O4/c1-16(14(18)19)9-11-7-12(17(20)21)4-5-13(11)10-3-2-6-15-8-10/h2-8H,9H2,1H3,(H,18,19). The van der Waals surface area contributed by atoms with Crippen molar-refractivity contribution in [3.05, 3.63) is 58.4 Å². The molecule has 0 aliphatic rings. The van der Waals surface area contributed by atoms with E-state index in [-0.39, 0.29) is 12.2 Å². The van der Waals surface area contributed by atoms with Crippen LogP contribution in [-0.4, -0.2) is 33.1 Å². The summed E-state index contributed by atoms with van der Waals surface area (Å²) in [5.41, 5.74) is 1.99. The van der Waals surface area contributed by atoms with Gasteiger partial charge in [-0.25, -0.2) is 4.79 Å². The Kier molecular flexibility index (Phi) is 4.13. The monoisotopic (exact) mass is 287 g/mol. The van der Waals surface area contributed by atoms with Crippen molar-refractivity contribution < 1.29 is 14.8 Å². The number of nitro benzene ring substituents is 1. The largest absolute Gasteiger partial charge is 0.465 e. The topological polar surface area (TPSA) is 96.6 Å². The molecule has 1 heterocycles. The van der Waals surface area contributed by atoms with Gasteiger partial charge in [-0.3, -0.25) is 15.1 Å². The van der Waals surface area contributed by atoms with Gasteiger partial charge < -0.3 is 10.0 Å². The first-order valence-corrected chi connectivity index (χ1v) is 6.11. The fourth-order valence-electron chi connectivity index (χ4n) is 1.95. The predicted octanol–water partition coefficient (Wildman–Crippen LogP) is 2.77. The molecule has 0 atom stereocenters. The summed E-state index contributed by atoms with van der Waals surface area (Å²) >= 11 is 0. The number of nitro groups is 1. The predicted molar refractivity (Wildman–Crippen MR) is 75.8 cm³/mol. The van der Waals surface area contributed by atoms with E-state index in [1.807, 2.05) is 6.07 Å². The molecule has 21 heavy (non-hydrogen) atoms. The Balaban J connectivity index is 2.49. The highest BCUT2D eigenvalue weighted by Crippen LogP contribution is 2.27. The van der Waals surface area contributed by atoms with Gasteiger partial charge in [-0.05, 0) is 23.3 Å². The molecule has 7 heteroatoms. The van der Waals surface area contributed by atoms with Crippen LogP contribution in [0.15, 0.2) is 42.7 Å². The minimum Gasteiger partial charge on any atom is -0.465 e. The van der Waals surface area contributed by atoms with E-state index in [4.69, 9.17) is 5.11 Å². The SMILES string of the molecule is CN(Cc1cc([N+](=O)[O-])ccc1-c1cccnc1)C(=O)O. The van der Waals surface area contributed by atoms with Crippen LogP contribution in [0.3, 0.4) is 0 Å². The third-order valence-electron chi connectivity index (χ3n) is 3.01. The molecule has 2 rings (SSSR count). The van der Waals surface area contributed by atoms with E-state index < -0.39 is 11.0 Å². The maximum Gasteiger partial charge on any atom is 0.407 e. The molecule has 0 spiro atoms. The first-order valence-electron chi connectivity index (χ1n) is 6.11. The number of pyridine rings is 1. The summed E-state index contributed by atoms with van der Waals surface area (Å²) in [4.78, 5) is 26.4. The number of hydrogen-bond donors (Lipinski definition) is 1. The molecule has 0 bridgehead atoms. The lowest BCUT2D eigenvalue weighted by molar-refractivity contribution is -0.384. The summed E-state index contributed by atoms with van der Waals surface area (Å²) in [6.45, 7) is 0.0568. The highest BCUT2D eigenvalue weighted by atomic mass is 16.6. The molecule has 0 aliphatic carbocycles. The second-order valence-corrected chi connectivity index (χ2v) is 4.48. The molecule has 0 fully saturated rings. The van der Waals surface area contributed by atoms with Crippen molar-refractivity contribution in [1.82, 2.24) is 9.88 Å². The van der Waals surface area contributed by atoms with Crippen LogP contribution in [0, 0.1) is 10.1 Å². The molecule has 0 unspecified atom stereocenters. The lowest BCUT2D eigenvalue weighted by Gasteiger charge is -2.16. The Bertz CT molecular complexity index is 673. The number of aromatic nitrogens is 1. The van der Waals surface area contributed by atoms with Gasteiger partial charge >= 0.3 is 6.09 Å². The molecule has 1 N–H and O–H groups in total. The lowest BCUT2D eigenvalue weighted by atomic mass is 10.00. The maximum absolute atomic E-state index is 10.9. The van der Waals surface area contributed by atoms with Gasteiger partial charge in [-0.1, -0.05) is 6.07 Å². The highest BCUT2D eigenvalue weighted by Gasteiger charge is 2.15. The Morgan fingerprint density at radius 2 is 2.19 bits per heavy atom. The molecule has 1 amide bonds. The smallest absolute Gasteiger partial charge is 0.407 e. The average molecular weight is 287 g/mol. The van der Waals surface area contributed by atoms with Gasteiger partial charge in [0.05, 0.1) is 4.92 Å². The number of hydrogen-bond acceptors (Lipinski definition) is 4. The van der Waals surface area contributed by atoms with Gasteiger partial charge in [0.15, 0.2) is 0 Å². The summed E-state index contributed by atoms with van der Waals surface area (Å²) in [6.07, 6.45) is 2.15. The summed E-state index contributed by atoms with van der Waals surface area (Å²) in [6, 6.07) is 7.97. The molecule has 0 saturated carbocycles. The van der Waals surface area contributed by atoms with Gasteiger partial charge in [0.25, 0.3) is 5.69 Å². The Morgan fingerprint density at radius 3 is 2.76 bits per heavy atom. The zero-order valence-electron chi connectivity index (χ0n) is 11.3. The molecule has 1 aromatic heterocycles. The van der Waals surface area contributed by atoms with Crippen LogP contribution in [0.5, 0.6) is 0 Å². The van der Waals surface area contributed by atoms with Crippen LogP contribution in [0.2, 0.25) is 0 Å². The summed E-state index contributed by atoms with van der Waals surface area (Å²) < 4.78 is 0. The van der Waals surface area contributed by atoms with E-state index in [1.54, 1.807) is 24.5 Å². The first kappa shape index (κ1) is 14.4. The quantitative estimate of drug-likeness (QED) is 0.689. The molecule has 1 aromatic carbocycles. The van der Waals surface area contributed by atoms with E-state index in [9.17, 15) is 14.9 Å². The number of amides is 1. The molecule has 0 radical (unpaired) electrons. The third kappa shape index (κ3) is 3.33. The fourth-order valence-corrected chi connectivity index (χ4v) is 1.95.